The van der Waals surface area contributed by atoms with Crippen molar-refractivity contribution in [3.05, 3.63) is 120 Å². The first-order valence-corrected chi connectivity index (χ1v) is 21.6. The number of aryl methyl sites for hydroxylation is 1. The number of fused-ring (bicyclic) bond motifs is 1. The number of ether oxygens (including phenoxy) is 1. The van der Waals surface area contributed by atoms with Crippen molar-refractivity contribution in [2.75, 3.05) is 20.2 Å². The van der Waals surface area contributed by atoms with Crippen LogP contribution in [0, 0.1) is 10.8 Å². The van der Waals surface area contributed by atoms with E-state index in [0.717, 1.165) is 39.2 Å². The molecule has 0 bridgehead atoms. The molecule has 0 aliphatic carbocycles. The number of nitrogens with zero attached hydrogens (tertiary/aromatic N) is 5. The number of pyridine rings is 1. The third-order valence-corrected chi connectivity index (χ3v) is 11.7. The molecule has 14 heteroatoms. The second kappa shape index (κ2) is 19.8. The Morgan fingerprint density at radius 3 is 2.08 bits per heavy atom. The Hall–Kier alpha value is -6.28. The predicted octanol–water partition coefficient (Wildman–Crippen LogP) is 6.26. The van der Waals surface area contributed by atoms with Crippen LogP contribution in [0.2, 0.25) is 0 Å². The minimum Gasteiger partial charge on any atom is -0.453 e. The third-order valence-electron chi connectivity index (χ3n) is 11.7. The number of carbonyl (C=O) groups is 4. The lowest BCUT2D eigenvalue weighted by molar-refractivity contribution is -0.130. The lowest BCUT2D eigenvalue weighted by Crippen LogP contribution is -2.59. The molecular weight excluding hydrogens is 797 g/mol. The predicted molar refractivity (Wildman–Crippen MR) is 243 cm³/mol. The van der Waals surface area contributed by atoms with E-state index in [1.165, 1.54) is 7.11 Å². The molecule has 5 atom stereocenters. The van der Waals surface area contributed by atoms with Crippen LogP contribution in [0.5, 0.6) is 0 Å². The van der Waals surface area contributed by atoms with Gasteiger partial charge in [-0.25, -0.2) is 14.6 Å². The minimum absolute atomic E-state index is 0.0614. The van der Waals surface area contributed by atoms with Gasteiger partial charge in [0.15, 0.2) is 0 Å². The van der Waals surface area contributed by atoms with E-state index in [1.807, 2.05) is 150 Å². The highest BCUT2D eigenvalue weighted by Gasteiger charge is 2.44. The first-order chi connectivity index (χ1) is 29.9. The van der Waals surface area contributed by atoms with Gasteiger partial charge >= 0.3 is 12.1 Å². The number of benzene rings is 3. The van der Waals surface area contributed by atoms with Gasteiger partial charge in [-0.15, -0.1) is 0 Å². The van der Waals surface area contributed by atoms with Crippen molar-refractivity contribution in [1.82, 2.24) is 40.3 Å². The maximum Gasteiger partial charge on any atom is 0.407 e. The SMILES string of the molecule is COC(=O)N[C@H](C(=O)N[C@@H](Cc1ccc(-c2ccccn2)cc1)[C@@H](O)C[C@H](Cc1ccccc1)NC(=O)[C@@H](N1CCN(Cc2nc3ccccc3n2C)C1=O)C(C)(C)C)C(C)(C)C. The van der Waals surface area contributed by atoms with E-state index in [1.54, 1.807) is 16.0 Å². The van der Waals surface area contributed by atoms with Gasteiger partial charge in [-0.05, 0) is 65.5 Å². The summed E-state index contributed by atoms with van der Waals surface area (Å²) in [7, 11) is 3.17. The fourth-order valence-electron chi connectivity index (χ4n) is 8.33. The number of hydrogen-bond donors (Lipinski definition) is 4. The molecule has 0 radical (unpaired) electrons. The first kappa shape index (κ1) is 46.2. The van der Waals surface area contributed by atoms with Crippen molar-refractivity contribution in [1.29, 1.82) is 0 Å². The van der Waals surface area contributed by atoms with Crippen LogP contribution in [0.25, 0.3) is 22.3 Å². The van der Waals surface area contributed by atoms with E-state index in [9.17, 15) is 24.3 Å². The lowest BCUT2D eigenvalue weighted by Gasteiger charge is -2.38. The summed E-state index contributed by atoms with van der Waals surface area (Å²) in [6.07, 6.45) is 0.493. The number of aliphatic hydroxyl groups is 1. The Kier molecular flexibility index (Phi) is 14.6. The Balaban J connectivity index is 1.25. The molecule has 1 aliphatic heterocycles. The maximum atomic E-state index is 14.7. The molecule has 63 heavy (non-hydrogen) atoms. The number of nitrogens with one attached hydrogen (secondary N) is 3. The molecule has 1 aliphatic rings. The van der Waals surface area contributed by atoms with Crippen molar-refractivity contribution in [2.45, 2.75) is 97.6 Å². The molecule has 0 spiro atoms. The van der Waals surface area contributed by atoms with Crippen molar-refractivity contribution in [2.24, 2.45) is 17.9 Å². The number of carbonyl (C=O) groups excluding carboxylic acids is 4. The molecule has 334 valence electrons. The fourth-order valence-corrected chi connectivity index (χ4v) is 8.33. The van der Waals surface area contributed by atoms with Crippen LogP contribution >= 0.6 is 0 Å². The summed E-state index contributed by atoms with van der Waals surface area (Å²) in [6, 6.07) is 27.5. The number of imidazole rings is 1. The van der Waals surface area contributed by atoms with Crippen LogP contribution in [-0.4, -0.2) is 104 Å². The molecule has 6 rings (SSSR count). The average Bonchev–Trinajstić information content (AvgIpc) is 3.76. The third kappa shape index (κ3) is 11.6. The Morgan fingerprint density at radius 1 is 0.778 bits per heavy atom. The number of alkyl carbamates (subject to hydrolysis) is 1. The number of rotatable bonds is 16. The summed E-state index contributed by atoms with van der Waals surface area (Å²) in [6.45, 7) is 12.4. The van der Waals surface area contributed by atoms with Crippen molar-refractivity contribution in [3.63, 3.8) is 0 Å². The number of methoxy groups -OCH3 is 1. The van der Waals surface area contributed by atoms with E-state index in [4.69, 9.17) is 9.72 Å². The molecule has 1 fully saturated rings. The molecule has 5 amide bonds. The standard InChI is InChI=1S/C49H62N8O6/c1-48(2,3)42(54-46(61)63-8)44(59)53-38(29-33-21-23-34(24-22-33)36-18-14-15-25-50-36)40(58)30-35(28-32-16-10-9-11-17-32)51-45(60)43(49(4,5)6)57-27-26-56(47(57)62)31-41-52-37-19-12-13-20-39(37)55(41)7/h9-25,35,38,40,42-43,58H,26-31H2,1-8H3,(H,51,60)(H,53,59)(H,54,61)/t35-,38-,40-,42+,43+/m0/s1. The first-order valence-electron chi connectivity index (χ1n) is 21.6. The maximum absolute atomic E-state index is 14.7. The van der Waals surface area contributed by atoms with E-state index >= 15 is 0 Å². The highest BCUT2D eigenvalue weighted by Crippen LogP contribution is 2.30. The van der Waals surface area contributed by atoms with Gasteiger partial charge in [0, 0.05) is 37.9 Å². The van der Waals surface area contributed by atoms with E-state index in [2.05, 4.69) is 20.9 Å². The van der Waals surface area contributed by atoms with Gasteiger partial charge in [0.2, 0.25) is 11.8 Å². The zero-order chi connectivity index (χ0) is 45.5. The summed E-state index contributed by atoms with van der Waals surface area (Å²) in [5.74, 6) is -0.0793. The largest absolute Gasteiger partial charge is 0.453 e. The molecule has 0 unspecified atom stereocenters. The van der Waals surface area contributed by atoms with Gasteiger partial charge in [0.1, 0.15) is 17.9 Å². The highest BCUT2D eigenvalue weighted by atomic mass is 16.5. The van der Waals surface area contributed by atoms with E-state index in [-0.39, 0.29) is 24.8 Å². The summed E-state index contributed by atoms with van der Waals surface area (Å²) < 4.78 is 6.84. The summed E-state index contributed by atoms with van der Waals surface area (Å²) in [5, 5.41) is 21.2. The normalized spacial score (nSPS) is 15.7. The number of aliphatic hydroxyl groups excluding tert-OH is 1. The summed E-state index contributed by atoms with van der Waals surface area (Å²) in [5.41, 5.74) is 3.97. The topological polar surface area (TPSA) is 171 Å². The van der Waals surface area contributed by atoms with Crippen LogP contribution in [0.3, 0.4) is 0 Å². The Labute approximate surface area is 370 Å². The molecule has 5 aromatic rings. The van der Waals surface area contributed by atoms with Crippen molar-refractivity contribution < 1.29 is 29.0 Å². The molecule has 14 nitrogen and oxygen atoms in total. The molecule has 1 saturated heterocycles. The van der Waals surface area contributed by atoms with Crippen LogP contribution in [-0.2, 0) is 40.8 Å². The number of hydrogen-bond acceptors (Lipinski definition) is 8. The smallest absolute Gasteiger partial charge is 0.407 e. The van der Waals surface area contributed by atoms with E-state index < -0.39 is 53.1 Å². The monoisotopic (exact) mass is 858 g/mol. The molecule has 3 heterocycles. The van der Waals surface area contributed by atoms with Gasteiger partial charge in [-0.2, -0.15) is 0 Å². The van der Waals surface area contributed by atoms with Gasteiger partial charge in [-0.3, -0.25) is 14.6 Å². The second-order valence-corrected chi connectivity index (χ2v) is 18.6. The fraction of sp³-hybridized carbons (Fsp3) is 0.429. The zero-order valence-electron chi connectivity index (χ0n) is 37.7. The number of amides is 5. The van der Waals surface area contributed by atoms with Crippen molar-refractivity contribution >= 4 is 35.0 Å². The number of aromatic nitrogens is 3. The highest BCUT2D eigenvalue weighted by molar-refractivity contribution is 5.89. The Morgan fingerprint density at radius 2 is 1.44 bits per heavy atom. The molecule has 3 aromatic carbocycles. The summed E-state index contributed by atoms with van der Waals surface area (Å²) >= 11 is 0. The van der Waals surface area contributed by atoms with E-state index in [0.29, 0.717) is 26.1 Å². The van der Waals surface area contributed by atoms with Gasteiger partial charge in [-0.1, -0.05) is 114 Å². The molecule has 4 N–H and O–H groups in total. The van der Waals surface area contributed by atoms with Gasteiger partial charge in [0.25, 0.3) is 0 Å². The minimum atomic E-state index is -1.16. The number of urea groups is 1. The van der Waals surface area contributed by atoms with Crippen LogP contribution in [0.4, 0.5) is 9.59 Å². The van der Waals surface area contributed by atoms with Crippen LogP contribution < -0.4 is 16.0 Å². The van der Waals surface area contributed by atoms with Crippen LogP contribution in [0.1, 0.15) is 64.9 Å². The van der Waals surface area contributed by atoms with Gasteiger partial charge in [0.05, 0.1) is 42.5 Å². The zero-order valence-corrected chi connectivity index (χ0v) is 37.7. The second-order valence-electron chi connectivity index (χ2n) is 18.6. The average molecular weight is 859 g/mol. The van der Waals surface area contributed by atoms with Crippen LogP contribution in [0.15, 0.2) is 103 Å². The van der Waals surface area contributed by atoms with Crippen molar-refractivity contribution in [3.8, 4) is 11.3 Å². The summed E-state index contributed by atoms with van der Waals surface area (Å²) in [4.78, 5) is 68.0. The quantitative estimate of drug-likeness (QED) is 0.0901. The molecule has 2 aromatic heterocycles. The lowest BCUT2D eigenvalue weighted by atomic mass is 9.84. The molecule has 0 saturated carbocycles. The molecular formula is C49H62N8O6. The number of para-hydroxylation sites is 2. The Bertz CT molecular complexity index is 2340. The van der Waals surface area contributed by atoms with Gasteiger partial charge < -0.3 is 40.2 Å².